The maximum absolute atomic E-state index is 12.3. The van der Waals surface area contributed by atoms with Crippen LogP contribution < -0.4 is 11.2 Å². The minimum atomic E-state index is -2.69. The lowest BCUT2D eigenvalue weighted by Gasteiger charge is -2.05. The molecule has 0 bridgehead atoms. The lowest BCUT2D eigenvalue weighted by molar-refractivity contribution is 0.145. The SMILES string of the molecule is Nc1c[nH]c(C(F)F)c(CBr)c1=O. The number of hydrogen-bond acceptors (Lipinski definition) is 2. The first kappa shape index (κ1) is 10.2. The normalized spacial score (nSPS) is 10.8. The van der Waals surface area contributed by atoms with E-state index in [2.05, 4.69) is 20.9 Å². The molecule has 0 aromatic carbocycles. The van der Waals surface area contributed by atoms with E-state index in [-0.39, 0.29) is 22.3 Å². The Kier molecular flexibility index (Phi) is 3.02. The summed E-state index contributed by atoms with van der Waals surface area (Å²) in [5.41, 5.74) is 4.25. The zero-order chi connectivity index (χ0) is 10.0. The van der Waals surface area contributed by atoms with Crippen molar-refractivity contribution in [2.45, 2.75) is 11.8 Å². The number of H-pyrrole nitrogens is 1. The first-order valence-electron chi connectivity index (χ1n) is 3.42. The number of anilines is 1. The third kappa shape index (κ3) is 1.88. The molecule has 0 spiro atoms. The van der Waals surface area contributed by atoms with Gasteiger partial charge in [-0.3, -0.25) is 4.79 Å². The van der Waals surface area contributed by atoms with Crippen molar-refractivity contribution < 1.29 is 8.78 Å². The molecular formula is C7H7BrF2N2O. The maximum Gasteiger partial charge on any atom is 0.278 e. The highest BCUT2D eigenvalue weighted by atomic mass is 79.9. The van der Waals surface area contributed by atoms with Crippen molar-refractivity contribution in [1.82, 2.24) is 4.98 Å². The molecule has 0 aliphatic heterocycles. The molecule has 0 aliphatic rings. The van der Waals surface area contributed by atoms with Crippen molar-refractivity contribution in [3.63, 3.8) is 0 Å². The number of nitrogens with one attached hydrogen (secondary N) is 1. The summed E-state index contributed by atoms with van der Waals surface area (Å²) >= 11 is 2.95. The number of aromatic nitrogens is 1. The van der Waals surface area contributed by atoms with Crippen LogP contribution in [0.2, 0.25) is 0 Å². The molecule has 0 saturated heterocycles. The number of nitrogens with two attached hydrogens (primary N) is 1. The molecule has 1 heterocycles. The summed E-state index contributed by atoms with van der Waals surface area (Å²) in [5.74, 6) is 0. The Balaban J connectivity index is 3.39. The lowest BCUT2D eigenvalue weighted by atomic mass is 10.2. The molecule has 13 heavy (non-hydrogen) atoms. The molecule has 1 aromatic heterocycles. The van der Waals surface area contributed by atoms with Crippen molar-refractivity contribution >= 4 is 21.6 Å². The fourth-order valence-electron chi connectivity index (χ4n) is 0.932. The van der Waals surface area contributed by atoms with E-state index < -0.39 is 11.9 Å². The van der Waals surface area contributed by atoms with E-state index in [9.17, 15) is 13.6 Å². The standard InChI is InChI=1S/C7H7BrF2N2O/c8-1-3-5(7(9)10)12-2-4(11)6(3)13/h2,7H,1,11H2,(H,12,13). The minimum absolute atomic E-state index is 0.0185. The van der Waals surface area contributed by atoms with Gasteiger partial charge in [-0.25, -0.2) is 8.78 Å². The summed E-state index contributed by atoms with van der Waals surface area (Å²) in [7, 11) is 0. The van der Waals surface area contributed by atoms with Crippen LogP contribution in [0.4, 0.5) is 14.5 Å². The summed E-state index contributed by atoms with van der Waals surface area (Å²) < 4.78 is 24.6. The Hall–Kier alpha value is -0.910. The predicted molar refractivity (Wildman–Crippen MR) is 49.1 cm³/mol. The van der Waals surface area contributed by atoms with Crippen LogP contribution in [-0.2, 0) is 5.33 Å². The molecule has 1 aromatic rings. The van der Waals surface area contributed by atoms with Gasteiger partial charge in [-0.15, -0.1) is 0 Å². The van der Waals surface area contributed by atoms with Gasteiger partial charge in [-0.05, 0) is 0 Å². The Bertz CT molecular complexity index is 364. The van der Waals surface area contributed by atoms with Crippen LogP contribution in [0, 0.1) is 0 Å². The van der Waals surface area contributed by atoms with E-state index in [1.54, 1.807) is 0 Å². The second-order valence-corrected chi connectivity index (χ2v) is 2.96. The van der Waals surface area contributed by atoms with Gasteiger partial charge >= 0.3 is 0 Å². The number of rotatable bonds is 2. The van der Waals surface area contributed by atoms with Crippen LogP contribution in [0.5, 0.6) is 0 Å². The highest BCUT2D eigenvalue weighted by Gasteiger charge is 2.16. The number of aromatic amines is 1. The summed E-state index contributed by atoms with van der Waals surface area (Å²) in [6.45, 7) is 0. The molecule has 1 rings (SSSR count). The summed E-state index contributed by atoms with van der Waals surface area (Å²) in [6.07, 6.45) is -1.61. The predicted octanol–water partition coefficient (Wildman–Crippen LogP) is 1.79. The van der Waals surface area contributed by atoms with E-state index in [0.29, 0.717) is 0 Å². The molecule has 0 amide bonds. The first-order valence-corrected chi connectivity index (χ1v) is 4.54. The molecule has 0 unspecified atom stereocenters. The molecule has 0 radical (unpaired) electrons. The molecule has 3 N–H and O–H groups in total. The molecule has 6 heteroatoms. The van der Waals surface area contributed by atoms with Gasteiger partial charge in [-0.1, -0.05) is 15.9 Å². The fourth-order valence-corrected chi connectivity index (χ4v) is 1.49. The summed E-state index contributed by atoms with van der Waals surface area (Å²) in [5, 5.41) is 0.0625. The summed E-state index contributed by atoms with van der Waals surface area (Å²) in [6, 6.07) is 0. The molecule has 0 atom stereocenters. The van der Waals surface area contributed by atoms with E-state index >= 15 is 0 Å². The Morgan fingerprint density at radius 1 is 1.62 bits per heavy atom. The number of hydrogen-bond donors (Lipinski definition) is 2. The van der Waals surface area contributed by atoms with Crippen LogP contribution in [0.25, 0.3) is 0 Å². The Morgan fingerprint density at radius 3 is 2.69 bits per heavy atom. The highest BCUT2D eigenvalue weighted by Crippen LogP contribution is 2.20. The van der Waals surface area contributed by atoms with Crippen LogP contribution in [0.1, 0.15) is 17.7 Å². The van der Waals surface area contributed by atoms with Crippen molar-refractivity contribution in [2.24, 2.45) is 0 Å². The number of pyridine rings is 1. The van der Waals surface area contributed by atoms with E-state index in [1.807, 2.05) is 0 Å². The maximum atomic E-state index is 12.3. The lowest BCUT2D eigenvalue weighted by Crippen LogP contribution is -2.16. The monoisotopic (exact) mass is 252 g/mol. The van der Waals surface area contributed by atoms with E-state index in [4.69, 9.17) is 5.73 Å². The highest BCUT2D eigenvalue weighted by molar-refractivity contribution is 9.08. The fraction of sp³-hybridized carbons (Fsp3) is 0.286. The van der Waals surface area contributed by atoms with Gasteiger partial charge in [0, 0.05) is 17.1 Å². The van der Waals surface area contributed by atoms with E-state index in [0.717, 1.165) is 6.20 Å². The van der Waals surface area contributed by atoms with Crippen LogP contribution in [-0.4, -0.2) is 4.98 Å². The van der Waals surface area contributed by atoms with Gasteiger partial charge in [0.15, 0.2) is 0 Å². The average molecular weight is 253 g/mol. The number of alkyl halides is 3. The largest absolute Gasteiger partial charge is 0.394 e. The van der Waals surface area contributed by atoms with Gasteiger partial charge in [0.2, 0.25) is 5.43 Å². The van der Waals surface area contributed by atoms with Crippen molar-refractivity contribution in [3.8, 4) is 0 Å². The number of nitrogen functional groups attached to an aromatic ring is 1. The van der Waals surface area contributed by atoms with Crippen LogP contribution in [0.3, 0.4) is 0 Å². The van der Waals surface area contributed by atoms with Crippen molar-refractivity contribution in [2.75, 3.05) is 5.73 Å². The number of halogens is 3. The Labute approximate surface area is 81.1 Å². The zero-order valence-corrected chi connectivity index (χ0v) is 8.07. The van der Waals surface area contributed by atoms with Gasteiger partial charge in [0.1, 0.15) is 0 Å². The van der Waals surface area contributed by atoms with Crippen molar-refractivity contribution in [3.05, 3.63) is 27.7 Å². The third-order valence-corrected chi connectivity index (χ3v) is 2.16. The molecule has 3 nitrogen and oxygen atoms in total. The van der Waals surface area contributed by atoms with Gasteiger partial charge in [0.05, 0.1) is 11.4 Å². The second-order valence-electron chi connectivity index (χ2n) is 2.40. The topological polar surface area (TPSA) is 58.9 Å². The van der Waals surface area contributed by atoms with Crippen LogP contribution >= 0.6 is 15.9 Å². The molecular weight excluding hydrogens is 246 g/mol. The summed E-state index contributed by atoms with van der Waals surface area (Å²) in [4.78, 5) is 13.5. The average Bonchev–Trinajstić information content (AvgIpc) is 2.09. The van der Waals surface area contributed by atoms with Gasteiger partial charge < -0.3 is 10.7 Å². The Morgan fingerprint density at radius 2 is 2.23 bits per heavy atom. The van der Waals surface area contributed by atoms with Crippen LogP contribution in [0.15, 0.2) is 11.0 Å². The quantitative estimate of drug-likeness (QED) is 0.789. The smallest absolute Gasteiger partial charge is 0.278 e. The molecule has 0 fully saturated rings. The second kappa shape index (κ2) is 3.87. The van der Waals surface area contributed by atoms with Gasteiger partial charge in [0.25, 0.3) is 6.43 Å². The molecule has 0 saturated carbocycles. The van der Waals surface area contributed by atoms with E-state index in [1.165, 1.54) is 0 Å². The van der Waals surface area contributed by atoms with Gasteiger partial charge in [-0.2, -0.15) is 0 Å². The third-order valence-electron chi connectivity index (χ3n) is 1.60. The van der Waals surface area contributed by atoms with Crippen molar-refractivity contribution in [1.29, 1.82) is 0 Å². The molecule has 0 aliphatic carbocycles. The minimum Gasteiger partial charge on any atom is -0.394 e. The zero-order valence-electron chi connectivity index (χ0n) is 6.48. The molecule has 72 valence electrons. The first-order chi connectivity index (χ1) is 6.07.